The molecule has 2 amide bonds. The Morgan fingerprint density at radius 1 is 1.09 bits per heavy atom. The van der Waals surface area contributed by atoms with E-state index in [2.05, 4.69) is 15.3 Å². The maximum absolute atomic E-state index is 14.6. The predicted octanol–water partition coefficient (Wildman–Crippen LogP) is 2.83. The van der Waals surface area contributed by atoms with Crippen molar-refractivity contribution in [2.75, 3.05) is 28.7 Å². The summed E-state index contributed by atoms with van der Waals surface area (Å²) in [6.45, 7) is 1.07. The number of fused-ring (bicyclic) bond motifs is 1. The van der Waals surface area contributed by atoms with E-state index in [1.807, 2.05) is 4.72 Å². The molecular weight excluding hydrogens is 482 g/mol. The number of amides is 2. The molecule has 35 heavy (non-hydrogen) atoms. The van der Waals surface area contributed by atoms with Crippen molar-refractivity contribution in [1.82, 2.24) is 14.7 Å². The predicted molar refractivity (Wildman–Crippen MR) is 124 cm³/mol. The van der Waals surface area contributed by atoms with Gasteiger partial charge in [0, 0.05) is 32.6 Å². The van der Waals surface area contributed by atoms with E-state index >= 15 is 0 Å². The highest BCUT2D eigenvalue weighted by Crippen LogP contribution is 2.38. The van der Waals surface area contributed by atoms with Gasteiger partial charge in [-0.15, -0.1) is 0 Å². The summed E-state index contributed by atoms with van der Waals surface area (Å²) in [7, 11) is -2.48. The highest BCUT2D eigenvalue weighted by atomic mass is 32.2. The van der Waals surface area contributed by atoms with E-state index in [0.29, 0.717) is 5.69 Å². The fraction of sp³-hybridized carbons (Fsp3) is 0.182. The van der Waals surface area contributed by atoms with Crippen molar-refractivity contribution in [2.24, 2.45) is 0 Å². The Morgan fingerprint density at radius 3 is 2.37 bits per heavy atom. The Morgan fingerprint density at radius 2 is 1.74 bits per heavy atom. The first-order chi connectivity index (χ1) is 16.6. The third-order valence-corrected chi connectivity index (χ3v) is 6.65. The molecule has 0 unspecified atom stereocenters. The van der Waals surface area contributed by atoms with Gasteiger partial charge in [0.1, 0.15) is 23.0 Å². The lowest BCUT2D eigenvalue weighted by Gasteiger charge is -2.25. The van der Waals surface area contributed by atoms with Gasteiger partial charge in [0.05, 0.1) is 11.1 Å². The van der Waals surface area contributed by atoms with E-state index < -0.39 is 27.6 Å². The fourth-order valence-electron chi connectivity index (χ4n) is 3.54. The molecular formula is C22H20F2N6O4S. The van der Waals surface area contributed by atoms with Crippen molar-refractivity contribution in [1.29, 1.82) is 0 Å². The lowest BCUT2D eigenvalue weighted by molar-refractivity contribution is -0.118. The number of aromatic nitrogens is 2. The average Bonchev–Trinajstić information content (AvgIpc) is 2.90. The number of rotatable bonds is 5. The summed E-state index contributed by atoms with van der Waals surface area (Å²) in [5, 5.41) is 2.90. The number of nitrogens with zero attached hydrogens (tertiary/aromatic N) is 4. The van der Waals surface area contributed by atoms with E-state index in [4.69, 9.17) is 0 Å². The summed E-state index contributed by atoms with van der Waals surface area (Å²) in [6.07, 6.45) is 1.35. The lowest BCUT2D eigenvalue weighted by Crippen LogP contribution is -2.28. The molecule has 0 bridgehead atoms. The van der Waals surface area contributed by atoms with Gasteiger partial charge >= 0.3 is 0 Å². The second-order valence-electron chi connectivity index (χ2n) is 7.64. The smallest absolute Gasteiger partial charge is 0.264 e. The van der Waals surface area contributed by atoms with Gasteiger partial charge < -0.3 is 15.1 Å². The second-order valence-corrected chi connectivity index (χ2v) is 9.32. The number of anilines is 5. The largest absolute Gasteiger partial charge is 0.324 e. The van der Waals surface area contributed by atoms with Gasteiger partial charge in [-0.25, -0.2) is 26.9 Å². The Balaban J connectivity index is 1.70. The maximum atomic E-state index is 14.6. The second kappa shape index (κ2) is 9.25. The molecule has 0 atom stereocenters. The number of hydrogen-bond acceptors (Lipinski definition) is 8. The van der Waals surface area contributed by atoms with Crippen LogP contribution in [0.5, 0.6) is 0 Å². The Kier molecular flexibility index (Phi) is 6.35. The molecule has 3 aromatic rings. The van der Waals surface area contributed by atoms with Crippen LogP contribution in [0.4, 0.5) is 37.6 Å². The number of benzene rings is 2. The molecule has 0 saturated carbocycles. The first-order valence-electron chi connectivity index (χ1n) is 10.3. The molecule has 0 aliphatic carbocycles. The highest BCUT2D eigenvalue weighted by molar-refractivity contribution is 7.90. The van der Waals surface area contributed by atoms with Crippen LogP contribution in [0.2, 0.25) is 0 Å². The molecule has 182 valence electrons. The van der Waals surface area contributed by atoms with Gasteiger partial charge in [0.15, 0.2) is 5.82 Å². The average molecular weight is 503 g/mol. The Labute approximate surface area is 199 Å². The molecule has 13 heteroatoms. The monoisotopic (exact) mass is 502 g/mol. The highest BCUT2D eigenvalue weighted by Gasteiger charge is 2.30. The number of carbonyl (C=O) groups is 2. The molecule has 10 nitrogen and oxygen atoms in total. The van der Waals surface area contributed by atoms with E-state index in [9.17, 15) is 26.8 Å². The number of sulfonamides is 1. The third kappa shape index (κ3) is 4.89. The van der Waals surface area contributed by atoms with Crippen molar-refractivity contribution in [3.8, 4) is 0 Å². The van der Waals surface area contributed by atoms with Crippen molar-refractivity contribution >= 4 is 50.7 Å². The molecule has 2 aromatic carbocycles. The standard InChI is InChI=1S/C22H20F2N6O4S/c1-13(31)28-35(33,34)15-8-6-14(7-9-15)26-22-25-12-18-21(27-22)30(11-10-19(32)29(18)2)20-16(23)4-3-5-17(20)24/h3-9,12H,10-11H2,1-2H3,(H,28,31)(H,25,26,27). The minimum Gasteiger partial charge on any atom is -0.324 e. The zero-order valence-electron chi connectivity index (χ0n) is 18.6. The van der Waals surface area contributed by atoms with Gasteiger partial charge in [-0.1, -0.05) is 6.07 Å². The third-order valence-electron chi connectivity index (χ3n) is 5.20. The van der Waals surface area contributed by atoms with E-state index in [1.165, 1.54) is 53.4 Å². The summed E-state index contributed by atoms with van der Waals surface area (Å²) in [4.78, 5) is 34.6. The molecule has 0 radical (unpaired) electrons. The zero-order valence-corrected chi connectivity index (χ0v) is 19.4. The van der Waals surface area contributed by atoms with Gasteiger partial charge in [-0.2, -0.15) is 4.98 Å². The summed E-state index contributed by atoms with van der Waals surface area (Å²) in [6, 6.07) is 8.92. The van der Waals surface area contributed by atoms with E-state index in [1.54, 1.807) is 0 Å². The number of para-hydroxylation sites is 1. The molecule has 0 spiro atoms. The van der Waals surface area contributed by atoms with E-state index in [0.717, 1.165) is 19.1 Å². The van der Waals surface area contributed by atoms with Crippen LogP contribution in [-0.4, -0.2) is 43.8 Å². The van der Waals surface area contributed by atoms with Crippen LogP contribution in [0, 0.1) is 11.6 Å². The van der Waals surface area contributed by atoms with E-state index in [-0.39, 0.29) is 46.9 Å². The zero-order chi connectivity index (χ0) is 25.3. The van der Waals surface area contributed by atoms with Gasteiger partial charge in [0.2, 0.25) is 17.8 Å². The summed E-state index contributed by atoms with van der Waals surface area (Å²) in [5.74, 6) is -2.44. The quantitative estimate of drug-likeness (QED) is 0.546. The maximum Gasteiger partial charge on any atom is 0.264 e. The molecule has 1 aliphatic heterocycles. The number of halogens is 2. The van der Waals surface area contributed by atoms with Crippen LogP contribution in [0.25, 0.3) is 0 Å². The lowest BCUT2D eigenvalue weighted by atomic mass is 10.2. The van der Waals surface area contributed by atoms with Crippen LogP contribution in [0.15, 0.2) is 53.6 Å². The summed E-state index contributed by atoms with van der Waals surface area (Å²) >= 11 is 0. The SMILES string of the molecule is CC(=O)NS(=O)(=O)c1ccc(Nc2ncc3c(n2)N(c2c(F)cccc2F)CCC(=O)N3C)cc1. The molecule has 1 aromatic heterocycles. The van der Waals surface area contributed by atoms with Crippen LogP contribution in [-0.2, 0) is 19.6 Å². The molecule has 0 fully saturated rings. The number of carbonyl (C=O) groups excluding carboxylic acids is 2. The molecule has 2 heterocycles. The van der Waals surface area contributed by atoms with Crippen LogP contribution >= 0.6 is 0 Å². The summed E-state index contributed by atoms with van der Waals surface area (Å²) < 4.78 is 55.3. The van der Waals surface area contributed by atoms with Crippen molar-refractivity contribution in [3.63, 3.8) is 0 Å². The topological polar surface area (TPSA) is 125 Å². The van der Waals surface area contributed by atoms with Crippen molar-refractivity contribution in [2.45, 2.75) is 18.2 Å². The van der Waals surface area contributed by atoms with Crippen LogP contribution in [0.3, 0.4) is 0 Å². The first-order valence-corrected chi connectivity index (χ1v) is 11.8. The van der Waals surface area contributed by atoms with Crippen molar-refractivity contribution < 1.29 is 26.8 Å². The Hall–Kier alpha value is -4.13. The Bertz CT molecular complexity index is 1400. The summed E-state index contributed by atoms with van der Waals surface area (Å²) in [5.41, 5.74) is 0.333. The minimum atomic E-state index is -4.00. The van der Waals surface area contributed by atoms with Crippen LogP contribution in [0.1, 0.15) is 13.3 Å². The fourth-order valence-corrected chi connectivity index (χ4v) is 4.53. The number of nitrogens with one attached hydrogen (secondary N) is 2. The molecule has 1 aliphatic rings. The van der Waals surface area contributed by atoms with Crippen molar-refractivity contribution in [3.05, 3.63) is 60.3 Å². The number of hydrogen-bond donors (Lipinski definition) is 2. The van der Waals surface area contributed by atoms with Gasteiger partial charge in [-0.3, -0.25) is 9.59 Å². The van der Waals surface area contributed by atoms with Gasteiger partial charge in [0.25, 0.3) is 10.0 Å². The van der Waals surface area contributed by atoms with Gasteiger partial charge in [-0.05, 0) is 36.4 Å². The van der Waals surface area contributed by atoms with Crippen LogP contribution < -0.4 is 19.8 Å². The first kappa shape index (κ1) is 24.0. The normalized spacial score (nSPS) is 13.8. The molecule has 4 rings (SSSR count). The minimum absolute atomic E-state index is 0.00632. The molecule has 2 N–H and O–H groups in total. The molecule has 0 saturated heterocycles.